The molecule has 156 valence electrons. The van der Waals surface area contributed by atoms with E-state index in [2.05, 4.69) is 15.1 Å². The number of hydrogen-bond acceptors (Lipinski definition) is 5. The van der Waals surface area contributed by atoms with E-state index in [4.69, 9.17) is 10.5 Å². The van der Waals surface area contributed by atoms with Crippen LogP contribution in [0.25, 0.3) is 0 Å². The van der Waals surface area contributed by atoms with Gasteiger partial charge in [-0.3, -0.25) is 9.69 Å². The van der Waals surface area contributed by atoms with E-state index in [1.807, 2.05) is 20.0 Å². The molecule has 2 heterocycles. The highest BCUT2D eigenvalue weighted by Gasteiger charge is 2.30. The van der Waals surface area contributed by atoms with Gasteiger partial charge in [-0.05, 0) is 68.3 Å². The lowest BCUT2D eigenvalue weighted by Crippen LogP contribution is -2.23. The summed E-state index contributed by atoms with van der Waals surface area (Å²) in [6.45, 7) is 3.54. The molecule has 1 atom stereocenters. The Hall–Kier alpha value is -3.26. The highest BCUT2D eigenvalue weighted by atomic mass is 19.1. The maximum absolute atomic E-state index is 14.7. The fraction of sp³-hybridized carbons (Fsp3) is 0.318. The highest BCUT2D eigenvalue weighted by Crippen LogP contribution is 2.34. The maximum Gasteiger partial charge on any atom is 0.248 e. The smallest absolute Gasteiger partial charge is 0.248 e. The van der Waals surface area contributed by atoms with E-state index in [0.717, 1.165) is 36.3 Å². The fourth-order valence-corrected chi connectivity index (χ4v) is 3.93. The lowest BCUT2D eigenvalue weighted by molar-refractivity contribution is 0.100. The minimum Gasteiger partial charge on any atom is -0.454 e. The summed E-state index contributed by atoms with van der Waals surface area (Å²) in [5.41, 5.74) is 8.40. The van der Waals surface area contributed by atoms with Crippen molar-refractivity contribution in [1.29, 1.82) is 0 Å². The Labute approximate surface area is 174 Å². The van der Waals surface area contributed by atoms with E-state index < -0.39 is 11.7 Å². The number of halogens is 1. The van der Waals surface area contributed by atoms with Crippen LogP contribution in [-0.2, 0) is 13.6 Å². The molecule has 8 heteroatoms. The summed E-state index contributed by atoms with van der Waals surface area (Å²) in [5, 5.41) is 8.87. The first-order valence-corrected chi connectivity index (χ1v) is 9.88. The number of aryl methyl sites for hydroxylation is 2. The third-order valence-electron chi connectivity index (χ3n) is 5.35. The van der Waals surface area contributed by atoms with Gasteiger partial charge in [-0.25, -0.2) is 4.39 Å². The summed E-state index contributed by atoms with van der Waals surface area (Å²) < 4.78 is 20.3. The number of amides is 1. The second-order valence-corrected chi connectivity index (χ2v) is 7.54. The molecule has 1 aromatic heterocycles. The molecular weight excluding hydrogens is 385 g/mol. The Morgan fingerprint density at radius 3 is 2.63 bits per heavy atom. The first-order chi connectivity index (χ1) is 14.4. The monoisotopic (exact) mass is 409 g/mol. The molecular formula is C22H24FN5O2. The minimum absolute atomic E-state index is 0.133. The van der Waals surface area contributed by atoms with Crippen molar-refractivity contribution in [3.8, 4) is 11.5 Å². The molecule has 4 rings (SSSR count). The number of nitrogens with two attached hydrogens (primary N) is 1. The molecule has 1 saturated heterocycles. The van der Waals surface area contributed by atoms with Crippen LogP contribution < -0.4 is 10.5 Å². The van der Waals surface area contributed by atoms with Crippen molar-refractivity contribution >= 4 is 5.91 Å². The average molecular weight is 409 g/mol. The molecule has 0 aliphatic carbocycles. The van der Waals surface area contributed by atoms with E-state index in [0.29, 0.717) is 17.9 Å². The molecule has 2 N–H and O–H groups in total. The summed E-state index contributed by atoms with van der Waals surface area (Å²) in [4.78, 5) is 15.1. The van der Waals surface area contributed by atoms with Crippen LogP contribution in [0.5, 0.6) is 11.5 Å². The largest absolute Gasteiger partial charge is 0.454 e. The van der Waals surface area contributed by atoms with Gasteiger partial charge in [0.1, 0.15) is 11.4 Å². The lowest BCUT2D eigenvalue weighted by atomic mass is 10.1. The molecule has 0 radical (unpaired) electrons. The Kier molecular flexibility index (Phi) is 5.50. The first-order valence-electron chi connectivity index (χ1n) is 9.88. The van der Waals surface area contributed by atoms with Crippen LogP contribution in [0.4, 0.5) is 4.39 Å². The summed E-state index contributed by atoms with van der Waals surface area (Å²) in [6.07, 6.45) is 2.09. The molecule has 1 aliphatic heterocycles. The standard InChI is InChI=1S/C22H24FN5O2/c1-14-21(26-27(2)25-14)19-4-3-11-28(19)13-15-5-10-20(18(23)12-15)30-17-8-6-16(7-9-17)22(24)29/h5-10,12,19H,3-4,11,13H2,1-2H3,(H2,24,29). The summed E-state index contributed by atoms with van der Waals surface area (Å²) in [7, 11) is 1.82. The van der Waals surface area contributed by atoms with E-state index in [9.17, 15) is 9.18 Å². The molecule has 1 aliphatic rings. The van der Waals surface area contributed by atoms with E-state index in [1.165, 1.54) is 6.07 Å². The topological polar surface area (TPSA) is 86.3 Å². The third-order valence-corrected chi connectivity index (χ3v) is 5.35. The second kappa shape index (κ2) is 8.23. The van der Waals surface area contributed by atoms with Crippen molar-refractivity contribution in [2.45, 2.75) is 32.4 Å². The predicted molar refractivity (Wildman–Crippen MR) is 110 cm³/mol. The van der Waals surface area contributed by atoms with Gasteiger partial charge in [0.2, 0.25) is 5.91 Å². The first kappa shape index (κ1) is 20.0. The van der Waals surface area contributed by atoms with Crippen molar-refractivity contribution in [3.05, 3.63) is 70.8 Å². The molecule has 0 bridgehead atoms. The number of rotatable bonds is 6. The molecule has 2 aromatic carbocycles. The number of carbonyl (C=O) groups excluding carboxylic acids is 1. The van der Waals surface area contributed by atoms with Crippen molar-refractivity contribution in [1.82, 2.24) is 19.9 Å². The summed E-state index contributed by atoms with van der Waals surface area (Å²) >= 11 is 0. The highest BCUT2D eigenvalue weighted by molar-refractivity contribution is 5.92. The van der Waals surface area contributed by atoms with Crippen molar-refractivity contribution in [2.75, 3.05) is 6.54 Å². The Balaban J connectivity index is 1.46. The number of hydrogen-bond donors (Lipinski definition) is 1. The fourth-order valence-electron chi connectivity index (χ4n) is 3.93. The van der Waals surface area contributed by atoms with Gasteiger partial charge < -0.3 is 10.5 Å². The normalized spacial score (nSPS) is 16.7. The molecule has 7 nitrogen and oxygen atoms in total. The lowest BCUT2D eigenvalue weighted by Gasteiger charge is -2.23. The Morgan fingerprint density at radius 1 is 1.23 bits per heavy atom. The number of ether oxygens (including phenoxy) is 1. The van der Waals surface area contributed by atoms with Gasteiger partial charge in [0.25, 0.3) is 0 Å². The third kappa shape index (κ3) is 4.18. The van der Waals surface area contributed by atoms with Gasteiger partial charge in [0, 0.05) is 19.2 Å². The van der Waals surface area contributed by atoms with Crippen LogP contribution in [0.3, 0.4) is 0 Å². The number of carbonyl (C=O) groups is 1. The van der Waals surface area contributed by atoms with Gasteiger partial charge in [-0.15, -0.1) is 0 Å². The van der Waals surface area contributed by atoms with Crippen molar-refractivity contribution < 1.29 is 13.9 Å². The molecule has 30 heavy (non-hydrogen) atoms. The SMILES string of the molecule is Cc1nn(C)nc1C1CCCN1Cc1ccc(Oc2ccc(C(N)=O)cc2)c(F)c1. The molecule has 1 fully saturated rings. The number of aromatic nitrogens is 3. The molecule has 3 aromatic rings. The van der Waals surface area contributed by atoms with Crippen LogP contribution in [0.2, 0.25) is 0 Å². The average Bonchev–Trinajstić information content (AvgIpc) is 3.29. The second-order valence-electron chi connectivity index (χ2n) is 7.54. The molecule has 0 saturated carbocycles. The Morgan fingerprint density at radius 2 is 2.00 bits per heavy atom. The zero-order valence-electron chi connectivity index (χ0n) is 17.0. The Bertz CT molecular complexity index is 1060. The van der Waals surface area contributed by atoms with Gasteiger partial charge in [-0.1, -0.05) is 6.07 Å². The summed E-state index contributed by atoms with van der Waals surface area (Å²) in [6, 6.07) is 11.5. The number of nitrogens with zero attached hydrogens (tertiary/aromatic N) is 4. The van der Waals surface area contributed by atoms with Gasteiger partial charge in [0.05, 0.1) is 11.7 Å². The minimum atomic E-state index is -0.519. The quantitative estimate of drug-likeness (QED) is 0.674. The van der Waals surface area contributed by atoms with E-state index in [-0.39, 0.29) is 11.8 Å². The van der Waals surface area contributed by atoms with Crippen LogP contribution in [0, 0.1) is 12.7 Å². The van der Waals surface area contributed by atoms with E-state index >= 15 is 0 Å². The van der Waals surface area contributed by atoms with Crippen LogP contribution in [-0.4, -0.2) is 32.3 Å². The molecule has 1 amide bonds. The van der Waals surface area contributed by atoms with Gasteiger partial charge >= 0.3 is 0 Å². The van der Waals surface area contributed by atoms with Crippen LogP contribution >= 0.6 is 0 Å². The van der Waals surface area contributed by atoms with Crippen molar-refractivity contribution in [2.24, 2.45) is 12.8 Å². The zero-order valence-corrected chi connectivity index (χ0v) is 17.0. The van der Waals surface area contributed by atoms with Crippen LogP contribution in [0.15, 0.2) is 42.5 Å². The van der Waals surface area contributed by atoms with Gasteiger partial charge in [-0.2, -0.15) is 15.0 Å². The molecule has 0 spiro atoms. The summed E-state index contributed by atoms with van der Waals surface area (Å²) in [5.74, 6) is -0.385. The number of benzene rings is 2. The van der Waals surface area contributed by atoms with Gasteiger partial charge in [0.15, 0.2) is 11.6 Å². The number of likely N-dealkylation sites (tertiary alicyclic amines) is 1. The number of primary amides is 1. The van der Waals surface area contributed by atoms with Crippen molar-refractivity contribution in [3.63, 3.8) is 0 Å². The zero-order chi connectivity index (χ0) is 21.3. The van der Waals surface area contributed by atoms with E-state index in [1.54, 1.807) is 35.1 Å². The maximum atomic E-state index is 14.7. The predicted octanol–water partition coefficient (Wildman–Crippen LogP) is 3.49. The molecule has 1 unspecified atom stereocenters. The van der Waals surface area contributed by atoms with Crippen LogP contribution in [0.1, 0.15) is 46.2 Å².